The lowest BCUT2D eigenvalue weighted by molar-refractivity contribution is 0.0947. The Hall–Kier alpha value is -2.75. The average molecular weight is 284 g/mol. The van der Waals surface area contributed by atoms with E-state index in [1.165, 1.54) is 38.5 Å². The molecule has 4 nitrogen and oxygen atoms in total. The third-order valence-corrected chi connectivity index (χ3v) is 2.99. The number of methoxy groups -OCH3 is 2. The van der Waals surface area contributed by atoms with Gasteiger partial charge in [0.15, 0.2) is 5.76 Å². The second-order valence-electron chi connectivity index (χ2n) is 4.31. The minimum absolute atomic E-state index is 0.101. The molecule has 0 saturated carbocycles. The molecule has 0 spiro atoms. The fourth-order valence-corrected chi connectivity index (χ4v) is 1.96. The summed E-state index contributed by atoms with van der Waals surface area (Å²) in [6.45, 7) is 0. The van der Waals surface area contributed by atoms with Gasteiger partial charge in [-0.2, -0.15) is 0 Å². The zero-order valence-electron chi connectivity index (χ0n) is 11.9. The van der Waals surface area contributed by atoms with Crippen LogP contribution in [0.1, 0.15) is 15.9 Å². The smallest absolute Gasteiger partial charge is 0.231 e. The number of hydrogen-bond acceptors (Lipinski definition) is 4. The van der Waals surface area contributed by atoms with Crippen LogP contribution in [0.2, 0.25) is 0 Å². The predicted molar refractivity (Wildman–Crippen MR) is 79.8 cm³/mol. The zero-order chi connectivity index (χ0) is 15.2. The minimum Gasteiger partial charge on any atom is -0.508 e. The van der Waals surface area contributed by atoms with Gasteiger partial charge in [0.05, 0.1) is 14.2 Å². The number of carbonyl (C=O) groups excluding carboxylic acids is 1. The van der Waals surface area contributed by atoms with Crippen molar-refractivity contribution in [1.29, 1.82) is 0 Å². The van der Waals surface area contributed by atoms with E-state index in [-0.39, 0.29) is 17.3 Å². The molecule has 0 aliphatic rings. The summed E-state index contributed by atoms with van der Waals surface area (Å²) in [6.07, 6.45) is 0. The number of phenols is 1. The summed E-state index contributed by atoms with van der Waals surface area (Å²) in [5, 5.41) is 9.29. The maximum absolute atomic E-state index is 12.5. The van der Waals surface area contributed by atoms with E-state index >= 15 is 0 Å². The van der Waals surface area contributed by atoms with Gasteiger partial charge in [-0.3, -0.25) is 4.79 Å². The number of Topliss-reactive ketones (excluding diaryl/α,β-unsaturated/α-hetero) is 1. The van der Waals surface area contributed by atoms with Crippen LogP contribution < -0.4 is 0 Å². The lowest BCUT2D eigenvalue weighted by Crippen LogP contribution is -2.09. The Morgan fingerprint density at radius 3 is 2.00 bits per heavy atom. The highest BCUT2D eigenvalue weighted by Gasteiger charge is 2.20. The van der Waals surface area contributed by atoms with E-state index in [2.05, 4.69) is 0 Å². The van der Waals surface area contributed by atoms with Crippen molar-refractivity contribution in [3.8, 4) is 5.75 Å². The van der Waals surface area contributed by atoms with Gasteiger partial charge in [0.25, 0.3) is 0 Å². The van der Waals surface area contributed by atoms with Gasteiger partial charge in [-0.1, -0.05) is 30.3 Å². The standard InChI is InChI=1S/C17H16O4/c1-20-16(13-6-4-3-5-7-13)17(21-2)15(19)12-8-10-14(18)11-9-12/h3-11,18H,1-2H3. The number of ketones is 1. The molecule has 1 N–H and O–H groups in total. The Kier molecular flexibility index (Phi) is 4.61. The summed E-state index contributed by atoms with van der Waals surface area (Å²) >= 11 is 0. The largest absolute Gasteiger partial charge is 0.508 e. The summed E-state index contributed by atoms with van der Waals surface area (Å²) in [5.74, 6) is 0.285. The number of benzene rings is 2. The lowest BCUT2D eigenvalue weighted by atomic mass is 10.1. The van der Waals surface area contributed by atoms with Crippen molar-refractivity contribution in [1.82, 2.24) is 0 Å². The van der Waals surface area contributed by atoms with E-state index < -0.39 is 0 Å². The first-order valence-corrected chi connectivity index (χ1v) is 6.38. The predicted octanol–water partition coefficient (Wildman–Crippen LogP) is 3.24. The lowest BCUT2D eigenvalue weighted by Gasteiger charge is -2.12. The van der Waals surface area contributed by atoms with Crippen molar-refractivity contribution in [2.45, 2.75) is 0 Å². The Morgan fingerprint density at radius 2 is 1.48 bits per heavy atom. The van der Waals surface area contributed by atoms with Crippen LogP contribution in [0.15, 0.2) is 60.4 Å². The Labute approximate surface area is 123 Å². The first kappa shape index (κ1) is 14.7. The highest BCUT2D eigenvalue weighted by Crippen LogP contribution is 2.23. The molecule has 2 aromatic carbocycles. The number of hydrogen-bond donors (Lipinski definition) is 1. The van der Waals surface area contributed by atoms with Crippen LogP contribution in [-0.4, -0.2) is 25.1 Å². The molecule has 21 heavy (non-hydrogen) atoms. The number of rotatable bonds is 5. The van der Waals surface area contributed by atoms with Crippen LogP contribution >= 0.6 is 0 Å². The molecular formula is C17H16O4. The highest BCUT2D eigenvalue weighted by atomic mass is 16.5. The van der Waals surface area contributed by atoms with E-state index in [9.17, 15) is 9.90 Å². The first-order valence-electron chi connectivity index (χ1n) is 6.38. The molecule has 0 unspecified atom stereocenters. The molecule has 0 atom stereocenters. The highest BCUT2D eigenvalue weighted by molar-refractivity contribution is 6.11. The molecule has 108 valence electrons. The number of carbonyl (C=O) groups is 1. The van der Waals surface area contributed by atoms with Crippen LogP contribution in [0.3, 0.4) is 0 Å². The molecule has 0 bridgehead atoms. The third-order valence-electron chi connectivity index (χ3n) is 2.99. The summed E-state index contributed by atoms with van der Waals surface area (Å²) in [6, 6.07) is 15.2. The van der Waals surface area contributed by atoms with Crippen molar-refractivity contribution in [2.75, 3.05) is 14.2 Å². The second-order valence-corrected chi connectivity index (χ2v) is 4.31. The molecule has 0 heterocycles. The third kappa shape index (κ3) is 3.23. The Morgan fingerprint density at radius 1 is 0.857 bits per heavy atom. The molecule has 0 radical (unpaired) electrons. The van der Waals surface area contributed by atoms with E-state index in [1.54, 1.807) is 0 Å². The van der Waals surface area contributed by atoms with Crippen LogP contribution in [0, 0.1) is 0 Å². The maximum atomic E-state index is 12.5. The van der Waals surface area contributed by atoms with Crippen LogP contribution in [-0.2, 0) is 9.47 Å². The first-order chi connectivity index (χ1) is 10.2. The van der Waals surface area contributed by atoms with Crippen molar-refractivity contribution in [3.05, 3.63) is 71.5 Å². The van der Waals surface area contributed by atoms with Gasteiger partial charge in [0.2, 0.25) is 11.5 Å². The average Bonchev–Trinajstić information content (AvgIpc) is 2.53. The molecule has 0 fully saturated rings. The van der Waals surface area contributed by atoms with Gasteiger partial charge in [-0.25, -0.2) is 0 Å². The van der Waals surface area contributed by atoms with E-state index in [4.69, 9.17) is 9.47 Å². The van der Waals surface area contributed by atoms with Crippen molar-refractivity contribution in [2.24, 2.45) is 0 Å². The van der Waals surface area contributed by atoms with Crippen LogP contribution in [0.4, 0.5) is 0 Å². The van der Waals surface area contributed by atoms with Gasteiger partial charge in [0.1, 0.15) is 5.75 Å². The fraction of sp³-hybridized carbons (Fsp3) is 0.118. The number of ether oxygens (including phenoxy) is 2. The molecule has 2 rings (SSSR count). The van der Waals surface area contributed by atoms with Crippen molar-refractivity contribution >= 4 is 11.5 Å². The molecule has 4 heteroatoms. The fourth-order valence-electron chi connectivity index (χ4n) is 1.96. The molecule has 0 aliphatic carbocycles. The summed E-state index contributed by atoms with van der Waals surface area (Å²) < 4.78 is 10.6. The zero-order valence-corrected chi connectivity index (χ0v) is 11.9. The molecule has 0 aliphatic heterocycles. The van der Waals surface area contributed by atoms with Crippen LogP contribution in [0.5, 0.6) is 5.75 Å². The summed E-state index contributed by atoms with van der Waals surface area (Å²) in [4.78, 5) is 12.5. The Bertz CT molecular complexity index is 642. The van der Waals surface area contributed by atoms with Crippen molar-refractivity contribution < 1.29 is 19.4 Å². The summed E-state index contributed by atoms with van der Waals surface area (Å²) in [7, 11) is 2.92. The minimum atomic E-state index is -0.307. The van der Waals surface area contributed by atoms with E-state index in [0.29, 0.717) is 11.3 Å². The number of phenolic OH excluding ortho intramolecular Hbond substituents is 1. The monoisotopic (exact) mass is 284 g/mol. The van der Waals surface area contributed by atoms with Gasteiger partial charge < -0.3 is 14.6 Å². The van der Waals surface area contributed by atoms with Gasteiger partial charge in [0, 0.05) is 11.1 Å². The molecule has 0 aromatic heterocycles. The number of aromatic hydroxyl groups is 1. The Balaban J connectivity index is 2.47. The quantitative estimate of drug-likeness (QED) is 0.520. The van der Waals surface area contributed by atoms with Gasteiger partial charge in [-0.05, 0) is 24.3 Å². The second kappa shape index (κ2) is 6.61. The molecular weight excluding hydrogens is 268 g/mol. The van der Waals surface area contributed by atoms with Crippen LogP contribution in [0.25, 0.3) is 5.76 Å². The van der Waals surface area contributed by atoms with Gasteiger partial charge >= 0.3 is 0 Å². The normalized spacial score (nSPS) is 11.5. The molecule has 0 amide bonds. The van der Waals surface area contributed by atoms with Gasteiger partial charge in [-0.15, -0.1) is 0 Å². The topological polar surface area (TPSA) is 55.8 Å². The summed E-state index contributed by atoms with van der Waals surface area (Å²) in [5.41, 5.74) is 1.17. The molecule has 2 aromatic rings. The van der Waals surface area contributed by atoms with E-state index in [0.717, 1.165) is 5.56 Å². The molecule has 0 saturated heterocycles. The van der Waals surface area contributed by atoms with Crippen molar-refractivity contribution in [3.63, 3.8) is 0 Å². The SMILES string of the molecule is COC(C(=O)c1ccc(O)cc1)=C(OC)c1ccccc1. The maximum Gasteiger partial charge on any atom is 0.231 e. The van der Waals surface area contributed by atoms with E-state index in [1.807, 2.05) is 30.3 Å². The number of allylic oxidation sites excluding steroid dienone is 1.